The number of amides is 1. The lowest BCUT2D eigenvalue weighted by atomic mass is 9.72. The van der Waals surface area contributed by atoms with E-state index in [0.29, 0.717) is 12.3 Å². The quantitative estimate of drug-likeness (QED) is 0.824. The summed E-state index contributed by atoms with van der Waals surface area (Å²) in [4.78, 5) is 29.3. The van der Waals surface area contributed by atoms with Gasteiger partial charge in [0.05, 0.1) is 7.11 Å². The summed E-state index contributed by atoms with van der Waals surface area (Å²) < 4.78 is 5.22. The van der Waals surface area contributed by atoms with Gasteiger partial charge in [-0.1, -0.05) is 0 Å². The van der Waals surface area contributed by atoms with Crippen molar-refractivity contribution in [1.29, 1.82) is 0 Å². The average Bonchev–Trinajstić information content (AvgIpc) is 2.75. The zero-order valence-corrected chi connectivity index (χ0v) is 16.9. The van der Waals surface area contributed by atoms with Crippen molar-refractivity contribution in [1.82, 2.24) is 19.9 Å². The third-order valence-corrected chi connectivity index (χ3v) is 6.23. The number of methoxy groups -OCH3 is 1. The van der Waals surface area contributed by atoms with E-state index in [9.17, 15) is 4.79 Å². The number of rotatable bonds is 5. The second-order valence-corrected chi connectivity index (χ2v) is 8.03. The maximum absolute atomic E-state index is 12.5. The molecule has 2 N–H and O–H groups in total. The highest BCUT2D eigenvalue weighted by atomic mass is 16.5. The second kappa shape index (κ2) is 8.23. The Bertz CT molecular complexity index is 852. The summed E-state index contributed by atoms with van der Waals surface area (Å²) in [7, 11) is 1.58. The van der Waals surface area contributed by atoms with Gasteiger partial charge in [0.2, 0.25) is 17.7 Å². The lowest BCUT2D eigenvalue weighted by Gasteiger charge is -2.47. The van der Waals surface area contributed by atoms with Crippen LogP contribution in [0.4, 0.5) is 11.8 Å². The molecule has 8 nitrogen and oxygen atoms in total. The van der Waals surface area contributed by atoms with E-state index in [0.717, 1.165) is 57.7 Å². The summed E-state index contributed by atoms with van der Waals surface area (Å²) in [6.45, 7) is 3.41. The number of hydrogen-bond donors (Lipinski definition) is 1. The fourth-order valence-electron chi connectivity index (χ4n) is 4.43. The van der Waals surface area contributed by atoms with Crippen LogP contribution in [0.5, 0.6) is 5.88 Å². The van der Waals surface area contributed by atoms with Crippen molar-refractivity contribution < 1.29 is 9.53 Å². The number of nitrogens with two attached hydrogens (primary N) is 1. The molecule has 1 amide bonds. The van der Waals surface area contributed by atoms with Crippen LogP contribution in [0.25, 0.3) is 0 Å². The molecule has 0 saturated carbocycles. The lowest BCUT2D eigenvalue weighted by molar-refractivity contribution is -0.138. The van der Waals surface area contributed by atoms with Gasteiger partial charge in [0, 0.05) is 51.1 Å². The van der Waals surface area contributed by atoms with Crippen LogP contribution in [0.15, 0.2) is 30.6 Å². The number of anilines is 2. The first-order valence-corrected chi connectivity index (χ1v) is 10.2. The van der Waals surface area contributed by atoms with Gasteiger partial charge in [0.25, 0.3) is 0 Å². The summed E-state index contributed by atoms with van der Waals surface area (Å²) in [5.41, 5.74) is 7.24. The fraction of sp³-hybridized carbons (Fsp3) is 0.524. The van der Waals surface area contributed by atoms with Crippen LogP contribution in [0.1, 0.15) is 31.2 Å². The minimum Gasteiger partial charge on any atom is -0.481 e. The van der Waals surface area contributed by atoms with Crippen molar-refractivity contribution in [3.05, 3.63) is 36.2 Å². The van der Waals surface area contributed by atoms with Gasteiger partial charge in [-0.05, 0) is 48.8 Å². The van der Waals surface area contributed by atoms with Crippen LogP contribution < -0.4 is 15.4 Å². The van der Waals surface area contributed by atoms with E-state index in [1.807, 2.05) is 18.2 Å². The van der Waals surface area contributed by atoms with Gasteiger partial charge in [0.1, 0.15) is 5.82 Å². The molecule has 0 aromatic carbocycles. The van der Waals surface area contributed by atoms with Gasteiger partial charge >= 0.3 is 0 Å². The highest BCUT2D eigenvalue weighted by Crippen LogP contribution is 2.41. The van der Waals surface area contributed by atoms with E-state index in [2.05, 4.69) is 24.8 Å². The zero-order chi connectivity index (χ0) is 20.3. The number of nitrogens with zero attached hydrogens (tertiary/aromatic N) is 5. The van der Waals surface area contributed by atoms with Crippen molar-refractivity contribution in [3.63, 3.8) is 0 Å². The number of piperidine rings is 2. The first-order valence-electron chi connectivity index (χ1n) is 10.2. The van der Waals surface area contributed by atoms with E-state index < -0.39 is 0 Å². The van der Waals surface area contributed by atoms with E-state index in [4.69, 9.17) is 10.5 Å². The van der Waals surface area contributed by atoms with E-state index in [1.54, 1.807) is 19.5 Å². The smallest absolute Gasteiger partial charge is 0.225 e. The first-order chi connectivity index (χ1) is 14.1. The SMILES string of the molecule is COc1cc(N2CCC3(CCC(=O)N(CCc4ccncc4)C3)CC2)nc(N)n1. The molecule has 2 aliphatic rings. The Kier molecular flexibility index (Phi) is 5.51. The maximum Gasteiger partial charge on any atom is 0.225 e. The van der Waals surface area contributed by atoms with Crippen molar-refractivity contribution >= 4 is 17.7 Å². The van der Waals surface area contributed by atoms with Crippen LogP contribution in [0, 0.1) is 5.41 Å². The number of carbonyl (C=O) groups excluding carboxylic acids is 1. The summed E-state index contributed by atoms with van der Waals surface area (Å²) in [5.74, 6) is 1.80. The topological polar surface area (TPSA) is 97.5 Å². The van der Waals surface area contributed by atoms with Gasteiger partial charge in [-0.2, -0.15) is 9.97 Å². The number of ether oxygens (including phenoxy) is 1. The number of pyridine rings is 1. The molecule has 2 aliphatic heterocycles. The second-order valence-electron chi connectivity index (χ2n) is 8.03. The standard InChI is InChI=1S/C21H28N6O2/c1-29-18-14-17(24-20(22)25-18)26-12-7-21(8-13-26)6-2-19(28)27(15-21)11-5-16-3-9-23-10-4-16/h3-4,9-10,14H,2,5-8,11-13,15H2,1H3,(H2,22,24,25). The molecular formula is C21H28N6O2. The van der Waals surface area contributed by atoms with Crippen LogP contribution in [0.3, 0.4) is 0 Å². The Morgan fingerprint density at radius 2 is 1.93 bits per heavy atom. The predicted molar refractivity (Wildman–Crippen MR) is 111 cm³/mol. The molecule has 4 heterocycles. The average molecular weight is 396 g/mol. The van der Waals surface area contributed by atoms with Crippen LogP contribution in [-0.2, 0) is 11.2 Å². The minimum absolute atomic E-state index is 0.200. The monoisotopic (exact) mass is 396 g/mol. The molecular weight excluding hydrogens is 368 g/mol. The predicted octanol–water partition coefficient (Wildman–Crippen LogP) is 1.91. The summed E-state index contributed by atoms with van der Waals surface area (Å²) in [5, 5.41) is 0. The molecule has 2 aromatic heterocycles. The molecule has 2 saturated heterocycles. The fourth-order valence-corrected chi connectivity index (χ4v) is 4.43. The van der Waals surface area contributed by atoms with Gasteiger partial charge in [-0.3, -0.25) is 9.78 Å². The molecule has 1 spiro atoms. The summed E-state index contributed by atoms with van der Waals surface area (Å²) >= 11 is 0. The Morgan fingerprint density at radius 3 is 2.66 bits per heavy atom. The van der Waals surface area contributed by atoms with Crippen LogP contribution in [0.2, 0.25) is 0 Å². The Morgan fingerprint density at radius 1 is 1.17 bits per heavy atom. The minimum atomic E-state index is 0.200. The Hall–Kier alpha value is -2.90. The van der Waals surface area contributed by atoms with Crippen molar-refractivity contribution in [2.24, 2.45) is 5.41 Å². The van der Waals surface area contributed by atoms with Crippen molar-refractivity contribution in [2.75, 3.05) is 43.9 Å². The molecule has 0 bridgehead atoms. The third-order valence-electron chi connectivity index (χ3n) is 6.23. The van der Waals surface area contributed by atoms with Gasteiger partial charge in [-0.15, -0.1) is 0 Å². The molecule has 2 aromatic rings. The largest absolute Gasteiger partial charge is 0.481 e. The number of nitrogen functional groups attached to an aromatic ring is 1. The summed E-state index contributed by atoms with van der Waals surface area (Å²) in [6.07, 6.45) is 8.18. The first kappa shape index (κ1) is 19.4. The molecule has 0 atom stereocenters. The van der Waals surface area contributed by atoms with Gasteiger partial charge in [-0.25, -0.2) is 0 Å². The van der Waals surface area contributed by atoms with E-state index in [-0.39, 0.29) is 17.3 Å². The number of hydrogen-bond acceptors (Lipinski definition) is 7. The molecule has 0 unspecified atom stereocenters. The van der Waals surface area contributed by atoms with Crippen molar-refractivity contribution in [3.8, 4) is 5.88 Å². The van der Waals surface area contributed by atoms with E-state index >= 15 is 0 Å². The maximum atomic E-state index is 12.5. The highest BCUT2D eigenvalue weighted by Gasteiger charge is 2.41. The number of likely N-dealkylation sites (tertiary alicyclic amines) is 1. The highest BCUT2D eigenvalue weighted by molar-refractivity contribution is 5.77. The normalized spacial score (nSPS) is 18.9. The molecule has 0 aliphatic carbocycles. The molecule has 0 radical (unpaired) electrons. The van der Waals surface area contributed by atoms with Crippen LogP contribution in [-0.4, -0.2) is 59.0 Å². The molecule has 29 heavy (non-hydrogen) atoms. The molecule has 2 fully saturated rings. The van der Waals surface area contributed by atoms with Crippen molar-refractivity contribution in [2.45, 2.75) is 32.1 Å². The van der Waals surface area contributed by atoms with Gasteiger partial charge in [0.15, 0.2) is 0 Å². The molecule has 154 valence electrons. The summed E-state index contributed by atoms with van der Waals surface area (Å²) in [6, 6.07) is 5.87. The number of aromatic nitrogens is 3. The van der Waals surface area contributed by atoms with E-state index in [1.165, 1.54) is 5.56 Å². The molecule has 4 rings (SSSR count). The lowest BCUT2D eigenvalue weighted by Crippen LogP contribution is -2.52. The molecule has 8 heteroatoms. The Balaban J connectivity index is 1.38. The van der Waals surface area contributed by atoms with Gasteiger partial charge < -0.3 is 20.3 Å². The zero-order valence-electron chi connectivity index (χ0n) is 16.9. The Labute approximate surface area is 171 Å². The van der Waals surface area contributed by atoms with Crippen LogP contribution >= 0.6 is 0 Å². The number of carbonyl (C=O) groups is 1. The third kappa shape index (κ3) is 4.41.